The molecule has 0 aromatic heterocycles. The lowest BCUT2D eigenvalue weighted by atomic mass is 9.63. The predicted octanol–water partition coefficient (Wildman–Crippen LogP) is 4.92. The highest BCUT2D eigenvalue weighted by Crippen LogP contribution is 2.58. The average molecular weight is 405 g/mol. The number of fused-ring (bicyclic) bond motifs is 1. The molecule has 5 atom stereocenters. The molecule has 0 bridgehead atoms. The number of nitriles is 1. The third-order valence-electron chi connectivity index (χ3n) is 6.19. The average Bonchev–Trinajstić information content (AvgIpc) is 2.99. The number of alkyl halides is 1. The second kappa shape index (κ2) is 7.37. The molecule has 0 spiro atoms. The molecule has 6 heteroatoms. The van der Waals surface area contributed by atoms with E-state index in [2.05, 4.69) is 12.6 Å². The molecule has 0 amide bonds. The van der Waals surface area contributed by atoms with Gasteiger partial charge in [-0.05, 0) is 47.1 Å². The lowest BCUT2D eigenvalue weighted by molar-refractivity contribution is -0.167. The summed E-state index contributed by atoms with van der Waals surface area (Å²) in [6.07, 6.45) is -0.913. The Morgan fingerprint density at radius 3 is 2.62 bits per heavy atom. The van der Waals surface area contributed by atoms with Crippen LogP contribution in [0.1, 0.15) is 46.6 Å². The molecular formula is C23H30F2N2O2. The third kappa shape index (κ3) is 3.45. The standard InChI is InChI=1S/C23H30F2N2O2/c1-15-22(6,13-26)11-18-20(12-24)28-14-23(18,17-9-7-8-10-19(17)25)27(15)16(2)29-21(3,4)5/h7-10,16,18,20H,1,11-12,14H2,2-6H3/t16?,18-,20?,22?,23?/m1/s1. The first kappa shape index (κ1) is 21.7. The van der Waals surface area contributed by atoms with E-state index in [1.165, 1.54) is 6.07 Å². The van der Waals surface area contributed by atoms with Crippen LogP contribution in [-0.2, 0) is 15.0 Å². The van der Waals surface area contributed by atoms with Crippen molar-refractivity contribution in [3.8, 4) is 6.07 Å². The van der Waals surface area contributed by atoms with E-state index in [-0.39, 0.29) is 12.4 Å². The first-order chi connectivity index (χ1) is 13.5. The molecule has 2 aliphatic rings. The number of hydrogen-bond donors (Lipinski definition) is 0. The number of nitrogens with zero attached hydrogens (tertiary/aromatic N) is 2. The summed E-state index contributed by atoms with van der Waals surface area (Å²) in [5.74, 6) is -0.813. The van der Waals surface area contributed by atoms with Crippen LogP contribution in [0.3, 0.4) is 0 Å². The molecule has 1 aromatic rings. The maximum absolute atomic E-state index is 15.1. The van der Waals surface area contributed by atoms with Gasteiger partial charge in [-0.3, -0.25) is 0 Å². The van der Waals surface area contributed by atoms with E-state index in [0.717, 1.165) is 0 Å². The molecule has 0 radical (unpaired) electrons. The van der Waals surface area contributed by atoms with E-state index >= 15 is 4.39 Å². The molecule has 158 valence electrons. The molecule has 2 heterocycles. The number of likely N-dealkylation sites (tertiary alicyclic amines) is 1. The fraction of sp³-hybridized carbons (Fsp3) is 0.609. The number of allylic oxidation sites excluding steroid dienone is 1. The normalized spacial score (nSPS) is 33.3. The van der Waals surface area contributed by atoms with Crippen LogP contribution in [0.5, 0.6) is 0 Å². The van der Waals surface area contributed by atoms with Crippen molar-refractivity contribution in [2.24, 2.45) is 11.3 Å². The summed E-state index contributed by atoms with van der Waals surface area (Å²) in [4.78, 5) is 1.88. The van der Waals surface area contributed by atoms with Gasteiger partial charge in [-0.2, -0.15) is 5.26 Å². The number of piperidine rings is 1. The van der Waals surface area contributed by atoms with Gasteiger partial charge in [0.15, 0.2) is 0 Å². The molecule has 2 fully saturated rings. The van der Waals surface area contributed by atoms with E-state index in [1.54, 1.807) is 25.1 Å². The van der Waals surface area contributed by atoms with Crippen molar-refractivity contribution in [3.05, 3.63) is 47.9 Å². The van der Waals surface area contributed by atoms with Crippen LogP contribution in [0, 0.1) is 28.5 Å². The Kier molecular flexibility index (Phi) is 5.53. The van der Waals surface area contributed by atoms with Gasteiger partial charge in [0, 0.05) is 17.2 Å². The molecule has 4 nitrogen and oxygen atoms in total. The van der Waals surface area contributed by atoms with Crippen LogP contribution in [-0.4, -0.2) is 36.1 Å². The quantitative estimate of drug-likeness (QED) is 0.715. The number of benzene rings is 1. The summed E-state index contributed by atoms with van der Waals surface area (Å²) in [7, 11) is 0. The molecule has 29 heavy (non-hydrogen) atoms. The summed E-state index contributed by atoms with van der Waals surface area (Å²) in [6.45, 7) is 13.1. The third-order valence-corrected chi connectivity index (χ3v) is 6.19. The van der Waals surface area contributed by atoms with E-state index in [9.17, 15) is 9.65 Å². The van der Waals surface area contributed by atoms with Crippen LogP contribution in [0.4, 0.5) is 8.78 Å². The van der Waals surface area contributed by atoms with Crippen molar-refractivity contribution < 1.29 is 18.3 Å². The Bertz CT molecular complexity index is 831. The lowest BCUT2D eigenvalue weighted by Gasteiger charge is -2.57. The summed E-state index contributed by atoms with van der Waals surface area (Å²) >= 11 is 0. The molecule has 2 saturated heterocycles. The summed E-state index contributed by atoms with van der Waals surface area (Å²) in [5, 5.41) is 9.95. The van der Waals surface area contributed by atoms with Crippen LogP contribution in [0.25, 0.3) is 0 Å². The smallest absolute Gasteiger partial charge is 0.128 e. The summed E-state index contributed by atoms with van der Waals surface area (Å²) < 4.78 is 41.1. The second-order valence-electron chi connectivity index (χ2n) is 9.31. The van der Waals surface area contributed by atoms with E-state index in [0.29, 0.717) is 17.7 Å². The number of halogens is 2. The number of ether oxygens (including phenoxy) is 2. The van der Waals surface area contributed by atoms with Crippen LogP contribution < -0.4 is 0 Å². The van der Waals surface area contributed by atoms with E-state index < -0.39 is 41.5 Å². The van der Waals surface area contributed by atoms with Crippen LogP contribution >= 0.6 is 0 Å². The molecule has 0 N–H and O–H groups in total. The van der Waals surface area contributed by atoms with E-state index in [4.69, 9.17) is 9.47 Å². The van der Waals surface area contributed by atoms with Crippen molar-refractivity contribution in [2.45, 2.75) is 64.5 Å². The maximum atomic E-state index is 15.1. The van der Waals surface area contributed by atoms with Gasteiger partial charge < -0.3 is 14.4 Å². The fourth-order valence-electron chi connectivity index (χ4n) is 4.97. The van der Waals surface area contributed by atoms with Crippen molar-refractivity contribution in [3.63, 3.8) is 0 Å². The predicted molar refractivity (Wildman–Crippen MR) is 107 cm³/mol. The SMILES string of the molecule is C=C1N(C(C)OC(C)(C)C)C2(c3ccccc3F)COC(CF)[C@H]2CC1(C)C#N. The van der Waals surface area contributed by atoms with Crippen molar-refractivity contribution >= 4 is 0 Å². The molecule has 2 aliphatic heterocycles. The van der Waals surface area contributed by atoms with Gasteiger partial charge in [-0.25, -0.2) is 8.78 Å². The van der Waals surface area contributed by atoms with E-state index in [1.807, 2.05) is 32.6 Å². The Morgan fingerprint density at radius 2 is 2.07 bits per heavy atom. The Balaban J connectivity index is 2.25. The maximum Gasteiger partial charge on any atom is 0.128 e. The molecule has 1 aromatic carbocycles. The molecule has 0 aliphatic carbocycles. The first-order valence-electron chi connectivity index (χ1n) is 10.0. The van der Waals surface area contributed by atoms with Gasteiger partial charge in [-0.15, -0.1) is 0 Å². The Labute approximate surface area is 172 Å². The van der Waals surface area contributed by atoms with Crippen LogP contribution in [0.2, 0.25) is 0 Å². The number of rotatable bonds is 4. The zero-order valence-electron chi connectivity index (χ0n) is 17.8. The van der Waals surface area contributed by atoms with Gasteiger partial charge in [0.25, 0.3) is 0 Å². The Hall–Kier alpha value is -1.97. The Morgan fingerprint density at radius 1 is 1.41 bits per heavy atom. The fourth-order valence-corrected chi connectivity index (χ4v) is 4.97. The zero-order valence-corrected chi connectivity index (χ0v) is 17.8. The molecule has 0 saturated carbocycles. The van der Waals surface area contributed by atoms with Gasteiger partial charge in [0.2, 0.25) is 0 Å². The molecule has 3 rings (SSSR count). The molecule has 4 unspecified atom stereocenters. The highest BCUT2D eigenvalue weighted by molar-refractivity contribution is 5.37. The minimum absolute atomic E-state index is 0.103. The van der Waals surface area contributed by atoms with Crippen molar-refractivity contribution in [2.75, 3.05) is 13.3 Å². The minimum Gasteiger partial charge on any atom is -0.372 e. The number of hydrogen-bond acceptors (Lipinski definition) is 4. The molecular weight excluding hydrogens is 374 g/mol. The zero-order chi connectivity index (χ0) is 21.6. The highest BCUT2D eigenvalue weighted by atomic mass is 19.1. The van der Waals surface area contributed by atoms with Crippen molar-refractivity contribution in [1.29, 1.82) is 5.26 Å². The largest absolute Gasteiger partial charge is 0.372 e. The van der Waals surface area contributed by atoms with Gasteiger partial charge >= 0.3 is 0 Å². The van der Waals surface area contributed by atoms with Crippen LogP contribution in [0.15, 0.2) is 36.5 Å². The second-order valence-corrected chi connectivity index (χ2v) is 9.31. The summed E-state index contributed by atoms with van der Waals surface area (Å²) in [5.41, 5.74) is -1.45. The van der Waals surface area contributed by atoms with Crippen molar-refractivity contribution in [1.82, 2.24) is 4.90 Å². The first-order valence-corrected chi connectivity index (χ1v) is 10.0. The van der Waals surface area contributed by atoms with Gasteiger partial charge in [-0.1, -0.05) is 24.8 Å². The lowest BCUT2D eigenvalue weighted by Crippen LogP contribution is -2.62. The van der Waals surface area contributed by atoms with Gasteiger partial charge in [0.1, 0.15) is 18.7 Å². The van der Waals surface area contributed by atoms with Gasteiger partial charge in [0.05, 0.1) is 35.3 Å². The summed E-state index contributed by atoms with van der Waals surface area (Å²) in [6, 6.07) is 8.86. The monoisotopic (exact) mass is 404 g/mol. The minimum atomic E-state index is -1.000. The highest BCUT2D eigenvalue weighted by Gasteiger charge is 2.63. The topological polar surface area (TPSA) is 45.5 Å².